The van der Waals surface area contributed by atoms with Gasteiger partial charge in [0.05, 0.1) is 0 Å². The minimum atomic E-state index is 0.437. The van der Waals surface area contributed by atoms with E-state index in [-0.39, 0.29) is 0 Å². The van der Waals surface area contributed by atoms with Gasteiger partial charge in [-0.2, -0.15) is 0 Å². The van der Waals surface area contributed by atoms with Crippen LogP contribution >= 0.6 is 0 Å². The summed E-state index contributed by atoms with van der Waals surface area (Å²) in [6.45, 7) is 2.30. The lowest BCUT2D eigenvalue weighted by molar-refractivity contribution is 0.233. The van der Waals surface area contributed by atoms with E-state index in [9.17, 15) is 5.11 Å². The number of phenolic OH excluding ortho intramolecular Hbond substituents is 1. The molecule has 1 atom stereocenters. The molecular weight excluding hydrogens is 376 g/mol. The molecule has 1 N–H and O–H groups in total. The molecule has 2 aliphatic rings. The van der Waals surface area contributed by atoms with E-state index in [0.717, 1.165) is 17.8 Å². The summed E-state index contributed by atoms with van der Waals surface area (Å²) in [4.78, 5) is 0. The predicted octanol–water partition coefficient (Wildman–Crippen LogP) is 9.39. The summed E-state index contributed by atoms with van der Waals surface area (Å²) in [5.74, 6) is 3.36. The van der Waals surface area contributed by atoms with Crippen molar-refractivity contribution in [2.24, 2.45) is 17.8 Å². The number of unbranched alkanes of at least 4 members (excludes halogenated alkanes) is 9. The second kappa shape index (κ2) is 14.2. The van der Waals surface area contributed by atoms with Crippen LogP contribution in [0.3, 0.4) is 0 Å². The third kappa shape index (κ3) is 9.19. The van der Waals surface area contributed by atoms with Gasteiger partial charge in [-0.1, -0.05) is 116 Å². The standard InChI is InChI=1S/C30H50O/c1-2-3-4-5-6-7-8-9-10-11-12-25-13-15-26(16-14-25)17-18-27-19-20-29-24-30(31)22-21-28(29)23-27/h21-22,24-27,31H,2-20,23H2,1H3. The van der Waals surface area contributed by atoms with Gasteiger partial charge in [0.25, 0.3) is 0 Å². The fourth-order valence-electron chi connectivity index (χ4n) is 6.26. The Morgan fingerprint density at radius 1 is 0.645 bits per heavy atom. The van der Waals surface area contributed by atoms with Gasteiger partial charge in [-0.15, -0.1) is 0 Å². The minimum Gasteiger partial charge on any atom is -0.508 e. The van der Waals surface area contributed by atoms with Gasteiger partial charge in [0, 0.05) is 0 Å². The first kappa shape index (κ1) is 24.7. The van der Waals surface area contributed by atoms with E-state index in [1.165, 1.54) is 140 Å². The summed E-state index contributed by atoms with van der Waals surface area (Å²) in [6.07, 6.45) is 28.7. The number of phenols is 1. The predicted molar refractivity (Wildman–Crippen MR) is 135 cm³/mol. The molecule has 3 rings (SSSR count). The molecule has 0 bridgehead atoms. The quantitative estimate of drug-likeness (QED) is 0.294. The highest BCUT2D eigenvalue weighted by atomic mass is 16.3. The maximum atomic E-state index is 9.68. The van der Waals surface area contributed by atoms with Crippen molar-refractivity contribution in [2.75, 3.05) is 0 Å². The first-order chi connectivity index (χ1) is 15.2. The van der Waals surface area contributed by atoms with Crippen LogP contribution in [0.2, 0.25) is 0 Å². The topological polar surface area (TPSA) is 20.2 Å². The van der Waals surface area contributed by atoms with Gasteiger partial charge in [-0.3, -0.25) is 0 Å². The van der Waals surface area contributed by atoms with E-state index >= 15 is 0 Å². The molecule has 2 aliphatic carbocycles. The first-order valence-corrected chi connectivity index (χ1v) is 14.1. The van der Waals surface area contributed by atoms with Gasteiger partial charge in [-0.05, 0) is 66.7 Å². The highest BCUT2D eigenvalue weighted by Gasteiger charge is 2.24. The molecule has 1 heteroatoms. The van der Waals surface area contributed by atoms with E-state index < -0.39 is 0 Å². The van der Waals surface area contributed by atoms with Gasteiger partial charge < -0.3 is 5.11 Å². The lowest BCUT2D eigenvalue weighted by atomic mass is 9.75. The average molecular weight is 427 g/mol. The second-order valence-electron chi connectivity index (χ2n) is 11.0. The number of hydrogen-bond acceptors (Lipinski definition) is 1. The summed E-state index contributed by atoms with van der Waals surface area (Å²) in [5, 5.41) is 9.68. The molecule has 0 aliphatic heterocycles. The van der Waals surface area contributed by atoms with E-state index in [2.05, 4.69) is 13.0 Å². The van der Waals surface area contributed by atoms with Crippen LogP contribution in [0, 0.1) is 17.8 Å². The number of rotatable bonds is 14. The highest BCUT2D eigenvalue weighted by molar-refractivity contribution is 5.36. The molecule has 1 saturated carbocycles. The van der Waals surface area contributed by atoms with Gasteiger partial charge in [0.2, 0.25) is 0 Å². The fourth-order valence-corrected chi connectivity index (χ4v) is 6.26. The molecule has 1 nitrogen and oxygen atoms in total. The van der Waals surface area contributed by atoms with Crippen molar-refractivity contribution in [3.8, 4) is 5.75 Å². The Hall–Kier alpha value is -0.980. The number of aryl methyl sites for hydroxylation is 1. The Kier molecular flexibility index (Phi) is 11.3. The molecule has 0 saturated heterocycles. The van der Waals surface area contributed by atoms with Crippen LogP contribution in [0.5, 0.6) is 5.75 Å². The Morgan fingerprint density at radius 2 is 1.23 bits per heavy atom. The number of hydrogen-bond donors (Lipinski definition) is 1. The molecule has 0 amide bonds. The summed E-state index contributed by atoms with van der Waals surface area (Å²) in [7, 11) is 0. The first-order valence-electron chi connectivity index (χ1n) is 14.1. The molecule has 1 unspecified atom stereocenters. The normalized spacial score (nSPS) is 23.6. The summed E-state index contributed by atoms with van der Waals surface area (Å²) in [6, 6.07) is 6.02. The van der Waals surface area contributed by atoms with Crippen molar-refractivity contribution in [1.82, 2.24) is 0 Å². The van der Waals surface area contributed by atoms with Crippen LogP contribution in [0.4, 0.5) is 0 Å². The molecule has 176 valence electrons. The Balaban J connectivity index is 1.17. The van der Waals surface area contributed by atoms with E-state index in [4.69, 9.17) is 0 Å². The van der Waals surface area contributed by atoms with Crippen LogP contribution in [0.15, 0.2) is 18.2 Å². The lowest BCUT2D eigenvalue weighted by Gasteiger charge is -2.31. The third-order valence-corrected chi connectivity index (χ3v) is 8.44. The van der Waals surface area contributed by atoms with E-state index in [1.807, 2.05) is 12.1 Å². The Bertz CT molecular complexity index is 598. The Labute approximate surface area is 193 Å². The van der Waals surface area contributed by atoms with E-state index in [1.54, 1.807) is 0 Å². The van der Waals surface area contributed by atoms with Crippen LogP contribution < -0.4 is 0 Å². The summed E-state index contributed by atoms with van der Waals surface area (Å²) in [5.41, 5.74) is 2.89. The summed E-state index contributed by atoms with van der Waals surface area (Å²) >= 11 is 0. The number of benzene rings is 1. The molecule has 0 aromatic heterocycles. The van der Waals surface area contributed by atoms with Crippen LogP contribution in [-0.2, 0) is 12.8 Å². The third-order valence-electron chi connectivity index (χ3n) is 8.44. The van der Waals surface area contributed by atoms with Gasteiger partial charge in [0.1, 0.15) is 5.75 Å². The smallest absolute Gasteiger partial charge is 0.115 e. The molecule has 31 heavy (non-hydrogen) atoms. The monoisotopic (exact) mass is 426 g/mol. The number of aromatic hydroxyl groups is 1. The van der Waals surface area contributed by atoms with E-state index in [0.29, 0.717) is 5.75 Å². The van der Waals surface area contributed by atoms with Gasteiger partial charge in [-0.25, -0.2) is 0 Å². The minimum absolute atomic E-state index is 0.437. The molecule has 0 radical (unpaired) electrons. The molecule has 1 aromatic rings. The number of fused-ring (bicyclic) bond motifs is 1. The van der Waals surface area contributed by atoms with Crippen molar-refractivity contribution < 1.29 is 5.11 Å². The van der Waals surface area contributed by atoms with Crippen LogP contribution in [-0.4, -0.2) is 5.11 Å². The molecule has 0 spiro atoms. The van der Waals surface area contributed by atoms with Crippen molar-refractivity contribution in [2.45, 2.75) is 135 Å². The van der Waals surface area contributed by atoms with Crippen LogP contribution in [0.1, 0.15) is 134 Å². The van der Waals surface area contributed by atoms with Crippen molar-refractivity contribution in [1.29, 1.82) is 0 Å². The lowest BCUT2D eigenvalue weighted by Crippen LogP contribution is -2.18. The fraction of sp³-hybridized carbons (Fsp3) is 0.800. The van der Waals surface area contributed by atoms with Crippen LogP contribution in [0.25, 0.3) is 0 Å². The molecule has 1 fully saturated rings. The SMILES string of the molecule is CCCCCCCCCCCCC1CCC(CCC2CCc3cc(O)ccc3C2)CC1. The van der Waals surface area contributed by atoms with Crippen molar-refractivity contribution in [3.05, 3.63) is 29.3 Å². The zero-order chi connectivity index (χ0) is 21.7. The average Bonchev–Trinajstić information content (AvgIpc) is 2.79. The highest BCUT2D eigenvalue weighted by Crippen LogP contribution is 2.37. The largest absolute Gasteiger partial charge is 0.508 e. The van der Waals surface area contributed by atoms with Crippen molar-refractivity contribution >= 4 is 0 Å². The zero-order valence-corrected chi connectivity index (χ0v) is 20.6. The summed E-state index contributed by atoms with van der Waals surface area (Å²) < 4.78 is 0. The molecular formula is C30H50O. The van der Waals surface area contributed by atoms with Crippen molar-refractivity contribution in [3.63, 3.8) is 0 Å². The second-order valence-corrected chi connectivity index (χ2v) is 11.0. The maximum absolute atomic E-state index is 9.68. The Morgan fingerprint density at radius 3 is 1.90 bits per heavy atom. The zero-order valence-electron chi connectivity index (χ0n) is 20.6. The van der Waals surface area contributed by atoms with Gasteiger partial charge >= 0.3 is 0 Å². The molecule has 0 heterocycles. The van der Waals surface area contributed by atoms with Gasteiger partial charge in [0.15, 0.2) is 0 Å². The molecule has 1 aromatic carbocycles. The maximum Gasteiger partial charge on any atom is 0.115 e.